The Kier molecular flexibility index (Phi) is 1.24. The zero-order valence-corrected chi connectivity index (χ0v) is 6.02. The summed E-state index contributed by atoms with van der Waals surface area (Å²) in [6, 6.07) is 0. The fraction of sp³-hybridized carbons (Fsp3) is 0.429. The Morgan fingerprint density at radius 2 is 1.44 bits per heavy atom. The molecule has 0 aromatic heterocycles. The summed E-state index contributed by atoms with van der Waals surface area (Å²) in [7, 11) is 3.97. The predicted molar refractivity (Wildman–Crippen MR) is 38.4 cm³/mol. The highest BCUT2D eigenvalue weighted by atomic mass is 15.6. The van der Waals surface area contributed by atoms with Gasteiger partial charge < -0.3 is 0 Å². The molecule has 9 heavy (non-hydrogen) atoms. The van der Waals surface area contributed by atoms with Crippen molar-refractivity contribution in [1.29, 1.82) is 0 Å². The van der Waals surface area contributed by atoms with E-state index in [4.69, 9.17) is 0 Å². The zero-order chi connectivity index (χ0) is 7.02. The lowest BCUT2D eigenvalue weighted by molar-refractivity contribution is 0.146. The average molecular weight is 124 g/mol. The third-order valence-electron chi connectivity index (χ3n) is 1.77. The van der Waals surface area contributed by atoms with E-state index >= 15 is 0 Å². The molecule has 1 saturated heterocycles. The standard InChI is InChI=1S/C7H12N2/c1-6-5-7(2)9(4)8(6)3/h1-2,5H2,3-4H3. The van der Waals surface area contributed by atoms with Gasteiger partial charge in [0, 0.05) is 31.9 Å². The molecule has 1 aliphatic rings. The van der Waals surface area contributed by atoms with Crippen molar-refractivity contribution in [3.63, 3.8) is 0 Å². The van der Waals surface area contributed by atoms with E-state index in [1.165, 1.54) is 0 Å². The molecule has 0 aromatic rings. The second kappa shape index (κ2) is 1.79. The molecule has 1 fully saturated rings. The van der Waals surface area contributed by atoms with E-state index in [1.807, 2.05) is 24.1 Å². The van der Waals surface area contributed by atoms with Gasteiger partial charge in [-0.25, -0.2) is 0 Å². The molecule has 0 amide bonds. The Bertz CT molecular complexity index is 142. The first-order valence-corrected chi connectivity index (χ1v) is 2.96. The van der Waals surface area contributed by atoms with E-state index in [-0.39, 0.29) is 0 Å². The number of hydrazine groups is 1. The third-order valence-corrected chi connectivity index (χ3v) is 1.77. The number of nitrogens with zero attached hydrogens (tertiary/aromatic N) is 2. The van der Waals surface area contributed by atoms with Gasteiger partial charge in [-0.15, -0.1) is 0 Å². The summed E-state index contributed by atoms with van der Waals surface area (Å²) in [6.07, 6.45) is 0.910. The minimum atomic E-state index is 0.910. The van der Waals surface area contributed by atoms with E-state index < -0.39 is 0 Å². The molecule has 0 bridgehead atoms. The molecule has 0 unspecified atom stereocenters. The van der Waals surface area contributed by atoms with E-state index in [1.54, 1.807) is 0 Å². The van der Waals surface area contributed by atoms with Crippen LogP contribution in [0.4, 0.5) is 0 Å². The monoisotopic (exact) mass is 124 g/mol. The molecular formula is C7H12N2. The maximum Gasteiger partial charge on any atom is 0.0332 e. The lowest BCUT2D eigenvalue weighted by atomic mass is 10.3. The second-order valence-electron chi connectivity index (χ2n) is 2.36. The van der Waals surface area contributed by atoms with Gasteiger partial charge in [0.15, 0.2) is 0 Å². The summed E-state index contributed by atoms with van der Waals surface area (Å²) in [6.45, 7) is 7.72. The average Bonchev–Trinajstić information content (AvgIpc) is 1.98. The fourth-order valence-corrected chi connectivity index (χ4v) is 0.889. The molecule has 2 nitrogen and oxygen atoms in total. The molecular weight excluding hydrogens is 112 g/mol. The Labute approximate surface area is 56.0 Å². The minimum absolute atomic E-state index is 0.910. The maximum absolute atomic E-state index is 3.86. The molecule has 0 radical (unpaired) electrons. The highest BCUT2D eigenvalue weighted by molar-refractivity contribution is 5.13. The molecule has 0 aliphatic carbocycles. The Morgan fingerprint density at radius 1 is 1.11 bits per heavy atom. The summed E-state index contributed by atoms with van der Waals surface area (Å²) in [5.74, 6) is 0. The van der Waals surface area contributed by atoms with Crippen LogP contribution < -0.4 is 0 Å². The van der Waals surface area contributed by atoms with E-state index in [9.17, 15) is 0 Å². The summed E-state index contributed by atoms with van der Waals surface area (Å²) >= 11 is 0. The molecule has 0 atom stereocenters. The van der Waals surface area contributed by atoms with E-state index in [0.717, 1.165) is 17.8 Å². The number of rotatable bonds is 0. The minimum Gasteiger partial charge on any atom is -0.293 e. The van der Waals surface area contributed by atoms with E-state index in [0.29, 0.717) is 0 Å². The van der Waals surface area contributed by atoms with Gasteiger partial charge in [0.25, 0.3) is 0 Å². The summed E-state index contributed by atoms with van der Waals surface area (Å²) < 4.78 is 0. The largest absolute Gasteiger partial charge is 0.293 e. The summed E-state index contributed by atoms with van der Waals surface area (Å²) in [4.78, 5) is 0. The summed E-state index contributed by atoms with van der Waals surface area (Å²) in [5, 5.41) is 4.00. The van der Waals surface area contributed by atoms with Crippen LogP contribution in [0.1, 0.15) is 6.42 Å². The van der Waals surface area contributed by atoms with Crippen molar-refractivity contribution in [2.75, 3.05) is 14.1 Å². The topological polar surface area (TPSA) is 6.48 Å². The van der Waals surface area contributed by atoms with Gasteiger partial charge in [0.05, 0.1) is 0 Å². The van der Waals surface area contributed by atoms with Crippen molar-refractivity contribution in [2.24, 2.45) is 0 Å². The van der Waals surface area contributed by atoms with Gasteiger partial charge in [0.1, 0.15) is 0 Å². The molecule has 0 aromatic carbocycles. The molecule has 0 spiro atoms. The van der Waals surface area contributed by atoms with Crippen molar-refractivity contribution in [2.45, 2.75) is 6.42 Å². The lowest BCUT2D eigenvalue weighted by Crippen LogP contribution is -2.26. The van der Waals surface area contributed by atoms with Gasteiger partial charge in [-0.1, -0.05) is 13.2 Å². The molecule has 1 heterocycles. The van der Waals surface area contributed by atoms with Crippen molar-refractivity contribution < 1.29 is 0 Å². The first kappa shape index (κ1) is 6.20. The lowest BCUT2D eigenvalue weighted by Gasteiger charge is -2.23. The highest BCUT2D eigenvalue weighted by Gasteiger charge is 2.18. The molecule has 2 heteroatoms. The van der Waals surface area contributed by atoms with Crippen molar-refractivity contribution in [1.82, 2.24) is 10.0 Å². The van der Waals surface area contributed by atoms with E-state index in [2.05, 4.69) is 13.2 Å². The van der Waals surface area contributed by atoms with Crippen molar-refractivity contribution in [3.05, 3.63) is 24.6 Å². The SMILES string of the molecule is C=C1CC(=C)N(C)N1C. The molecule has 1 rings (SSSR count). The molecule has 0 N–H and O–H groups in total. The summed E-state index contributed by atoms with van der Waals surface area (Å²) in [5.41, 5.74) is 2.23. The molecule has 1 aliphatic heterocycles. The van der Waals surface area contributed by atoms with Gasteiger partial charge >= 0.3 is 0 Å². The molecule has 50 valence electrons. The van der Waals surface area contributed by atoms with Gasteiger partial charge in [-0.2, -0.15) is 0 Å². The highest BCUT2D eigenvalue weighted by Crippen LogP contribution is 2.24. The van der Waals surface area contributed by atoms with Crippen molar-refractivity contribution in [3.8, 4) is 0 Å². The Balaban J connectivity index is 2.77. The number of hydrogen-bond donors (Lipinski definition) is 0. The predicted octanol–water partition coefficient (Wildman–Crippen LogP) is 1.20. The van der Waals surface area contributed by atoms with Crippen LogP contribution in [0.25, 0.3) is 0 Å². The first-order chi connectivity index (χ1) is 4.13. The normalized spacial score (nSPS) is 19.8. The van der Waals surface area contributed by atoms with Crippen LogP contribution in [0.3, 0.4) is 0 Å². The maximum atomic E-state index is 3.86. The third kappa shape index (κ3) is 0.803. The van der Waals surface area contributed by atoms with Crippen LogP contribution in [0.2, 0.25) is 0 Å². The fourth-order valence-electron chi connectivity index (χ4n) is 0.889. The van der Waals surface area contributed by atoms with Crippen LogP contribution in [-0.2, 0) is 0 Å². The van der Waals surface area contributed by atoms with Gasteiger partial charge in [0.2, 0.25) is 0 Å². The van der Waals surface area contributed by atoms with Crippen LogP contribution in [0, 0.1) is 0 Å². The quantitative estimate of drug-likeness (QED) is 0.478. The van der Waals surface area contributed by atoms with Gasteiger partial charge in [-0.05, 0) is 0 Å². The second-order valence-corrected chi connectivity index (χ2v) is 2.36. The van der Waals surface area contributed by atoms with Crippen LogP contribution in [0.5, 0.6) is 0 Å². The van der Waals surface area contributed by atoms with Crippen LogP contribution in [-0.4, -0.2) is 24.1 Å². The van der Waals surface area contributed by atoms with Gasteiger partial charge in [-0.3, -0.25) is 10.0 Å². The first-order valence-electron chi connectivity index (χ1n) is 2.96. The molecule has 0 saturated carbocycles. The van der Waals surface area contributed by atoms with Crippen LogP contribution >= 0.6 is 0 Å². The van der Waals surface area contributed by atoms with Crippen molar-refractivity contribution >= 4 is 0 Å². The number of hydrogen-bond acceptors (Lipinski definition) is 2. The Hall–Kier alpha value is -0.920. The van der Waals surface area contributed by atoms with Crippen LogP contribution in [0.15, 0.2) is 24.6 Å². The zero-order valence-electron chi connectivity index (χ0n) is 6.02. The Morgan fingerprint density at radius 3 is 1.56 bits per heavy atom. The smallest absolute Gasteiger partial charge is 0.0332 e.